The molecule has 1 atom stereocenters. The molecule has 0 spiro atoms. The second-order valence-corrected chi connectivity index (χ2v) is 7.33. The molecule has 0 saturated carbocycles. The average molecular weight is 356 g/mol. The zero-order chi connectivity index (χ0) is 16.5. The molecule has 0 bridgehead atoms. The minimum atomic E-state index is 0.414. The summed E-state index contributed by atoms with van der Waals surface area (Å²) >= 11 is 8.19. The van der Waals surface area contributed by atoms with E-state index in [9.17, 15) is 0 Å². The van der Waals surface area contributed by atoms with Gasteiger partial charge in [-0.25, -0.2) is 0 Å². The Bertz CT molecular complexity index is 860. The zero-order valence-corrected chi connectivity index (χ0v) is 14.9. The standard InChI is InChI=1S/C19H18ClN3S/c1-21-18-9-8-14-16(18)12-23(24-13-5-4-10-22-11-13)19(14)15-6-2-3-7-17(15)20/h2-7,10-12,18,21H,8-9H2,1H3. The quantitative estimate of drug-likeness (QED) is 0.716. The van der Waals surface area contributed by atoms with E-state index >= 15 is 0 Å². The first-order valence-electron chi connectivity index (χ1n) is 8.02. The molecule has 0 radical (unpaired) electrons. The molecule has 0 fully saturated rings. The monoisotopic (exact) mass is 355 g/mol. The van der Waals surface area contributed by atoms with Crippen molar-refractivity contribution in [3.05, 3.63) is 71.1 Å². The van der Waals surface area contributed by atoms with E-state index in [2.05, 4.69) is 32.6 Å². The summed E-state index contributed by atoms with van der Waals surface area (Å²) < 4.78 is 2.24. The number of aromatic nitrogens is 2. The van der Waals surface area contributed by atoms with Crippen molar-refractivity contribution < 1.29 is 0 Å². The highest BCUT2D eigenvalue weighted by atomic mass is 35.5. The van der Waals surface area contributed by atoms with Crippen molar-refractivity contribution in [2.75, 3.05) is 7.05 Å². The fourth-order valence-electron chi connectivity index (χ4n) is 3.37. The van der Waals surface area contributed by atoms with Crippen LogP contribution in [0.1, 0.15) is 23.6 Å². The maximum Gasteiger partial charge on any atom is 0.0644 e. The maximum atomic E-state index is 6.51. The first-order valence-corrected chi connectivity index (χ1v) is 9.17. The van der Waals surface area contributed by atoms with Crippen LogP contribution in [0.5, 0.6) is 0 Å². The topological polar surface area (TPSA) is 29.9 Å². The Morgan fingerprint density at radius 2 is 2.12 bits per heavy atom. The van der Waals surface area contributed by atoms with Gasteiger partial charge in [-0.2, -0.15) is 0 Å². The Balaban J connectivity index is 1.86. The summed E-state index contributed by atoms with van der Waals surface area (Å²) in [6, 6.07) is 12.5. The summed E-state index contributed by atoms with van der Waals surface area (Å²) in [7, 11) is 2.03. The van der Waals surface area contributed by atoms with Crippen LogP contribution in [0, 0.1) is 0 Å². The van der Waals surface area contributed by atoms with Crippen LogP contribution in [0.2, 0.25) is 5.02 Å². The Kier molecular flexibility index (Phi) is 4.35. The van der Waals surface area contributed by atoms with E-state index in [4.69, 9.17) is 11.6 Å². The smallest absolute Gasteiger partial charge is 0.0644 e. The first-order chi connectivity index (χ1) is 11.8. The highest BCUT2D eigenvalue weighted by molar-refractivity contribution is 7.98. The number of hydrogen-bond acceptors (Lipinski definition) is 3. The van der Waals surface area contributed by atoms with Gasteiger partial charge in [-0.15, -0.1) is 0 Å². The minimum Gasteiger partial charge on any atom is -0.313 e. The van der Waals surface area contributed by atoms with E-state index in [1.54, 1.807) is 18.1 Å². The maximum absolute atomic E-state index is 6.51. The Morgan fingerprint density at radius 3 is 2.88 bits per heavy atom. The van der Waals surface area contributed by atoms with Crippen molar-refractivity contribution in [3.8, 4) is 11.3 Å². The fourth-order valence-corrected chi connectivity index (χ4v) is 4.53. The van der Waals surface area contributed by atoms with Crippen molar-refractivity contribution in [1.29, 1.82) is 0 Å². The summed E-state index contributed by atoms with van der Waals surface area (Å²) in [5.41, 5.74) is 5.08. The third-order valence-corrected chi connectivity index (χ3v) is 5.75. The van der Waals surface area contributed by atoms with Gasteiger partial charge in [0.1, 0.15) is 0 Å². The molecule has 0 aliphatic heterocycles. The van der Waals surface area contributed by atoms with Crippen LogP contribution in [0.3, 0.4) is 0 Å². The number of halogens is 1. The molecular formula is C19H18ClN3S. The van der Waals surface area contributed by atoms with Gasteiger partial charge in [0.25, 0.3) is 0 Å². The second kappa shape index (κ2) is 6.63. The molecule has 0 amide bonds. The predicted octanol–water partition coefficient (Wildman–Crippen LogP) is 4.97. The molecular weight excluding hydrogens is 338 g/mol. The van der Waals surface area contributed by atoms with Gasteiger partial charge in [-0.3, -0.25) is 8.96 Å². The van der Waals surface area contributed by atoms with Crippen LogP contribution < -0.4 is 5.32 Å². The van der Waals surface area contributed by atoms with E-state index in [0.29, 0.717) is 6.04 Å². The lowest BCUT2D eigenvalue weighted by Crippen LogP contribution is -2.12. The largest absolute Gasteiger partial charge is 0.313 e. The van der Waals surface area contributed by atoms with Gasteiger partial charge in [0.2, 0.25) is 0 Å². The Labute approximate surface area is 151 Å². The molecule has 2 aromatic heterocycles. The average Bonchev–Trinajstić information content (AvgIpc) is 3.15. The van der Waals surface area contributed by atoms with Crippen LogP contribution in [-0.2, 0) is 6.42 Å². The molecule has 0 saturated heterocycles. The lowest BCUT2D eigenvalue weighted by Gasteiger charge is -2.12. The minimum absolute atomic E-state index is 0.414. The molecule has 122 valence electrons. The van der Waals surface area contributed by atoms with Crippen LogP contribution in [0.4, 0.5) is 0 Å². The number of fused-ring (bicyclic) bond motifs is 1. The van der Waals surface area contributed by atoms with Crippen LogP contribution in [0.15, 0.2) is 59.9 Å². The molecule has 1 aromatic carbocycles. The van der Waals surface area contributed by atoms with Crippen molar-refractivity contribution in [1.82, 2.24) is 14.3 Å². The lowest BCUT2D eigenvalue weighted by atomic mass is 10.1. The van der Waals surface area contributed by atoms with Crippen molar-refractivity contribution in [3.63, 3.8) is 0 Å². The highest BCUT2D eigenvalue weighted by Gasteiger charge is 2.29. The number of rotatable bonds is 4. The van der Waals surface area contributed by atoms with Gasteiger partial charge >= 0.3 is 0 Å². The van der Waals surface area contributed by atoms with E-state index in [1.165, 1.54) is 16.8 Å². The van der Waals surface area contributed by atoms with Gasteiger partial charge in [0, 0.05) is 40.1 Å². The summed E-state index contributed by atoms with van der Waals surface area (Å²) in [5.74, 6) is 0. The number of hydrogen-bond donors (Lipinski definition) is 1. The van der Waals surface area contributed by atoms with Gasteiger partial charge in [0.15, 0.2) is 0 Å². The summed E-state index contributed by atoms with van der Waals surface area (Å²) in [6.07, 6.45) is 8.15. The molecule has 2 heterocycles. The molecule has 1 unspecified atom stereocenters. The fraction of sp³-hybridized carbons (Fsp3) is 0.211. The van der Waals surface area contributed by atoms with Gasteiger partial charge in [0.05, 0.1) is 5.69 Å². The summed E-state index contributed by atoms with van der Waals surface area (Å²) in [5, 5.41) is 4.21. The lowest BCUT2D eigenvalue weighted by molar-refractivity contribution is 0.588. The van der Waals surface area contributed by atoms with Crippen molar-refractivity contribution >= 4 is 23.5 Å². The zero-order valence-electron chi connectivity index (χ0n) is 13.4. The van der Waals surface area contributed by atoms with Crippen LogP contribution in [-0.4, -0.2) is 16.0 Å². The predicted molar refractivity (Wildman–Crippen MR) is 100 cm³/mol. The van der Waals surface area contributed by atoms with E-state index in [1.807, 2.05) is 37.5 Å². The van der Waals surface area contributed by atoms with Crippen molar-refractivity contribution in [2.24, 2.45) is 0 Å². The molecule has 24 heavy (non-hydrogen) atoms. The van der Waals surface area contributed by atoms with E-state index in [-0.39, 0.29) is 0 Å². The Hall–Kier alpha value is -1.75. The van der Waals surface area contributed by atoms with Gasteiger partial charge < -0.3 is 5.32 Å². The van der Waals surface area contributed by atoms with Crippen LogP contribution >= 0.6 is 23.5 Å². The molecule has 4 rings (SSSR count). The number of benzene rings is 1. The molecule has 5 heteroatoms. The summed E-state index contributed by atoms with van der Waals surface area (Å²) in [4.78, 5) is 5.33. The third-order valence-electron chi connectivity index (χ3n) is 4.49. The third kappa shape index (κ3) is 2.75. The first kappa shape index (κ1) is 15.8. The molecule has 1 aliphatic carbocycles. The van der Waals surface area contributed by atoms with E-state index < -0.39 is 0 Å². The number of nitrogens with one attached hydrogen (secondary N) is 1. The molecule has 3 aromatic rings. The van der Waals surface area contributed by atoms with Crippen molar-refractivity contribution in [2.45, 2.75) is 23.8 Å². The van der Waals surface area contributed by atoms with Gasteiger partial charge in [-0.05, 0) is 61.2 Å². The normalized spacial score (nSPS) is 16.3. The highest BCUT2D eigenvalue weighted by Crippen LogP contribution is 2.43. The number of pyridine rings is 1. The second-order valence-electron chi connectivity index (χ2n) is 5.88. The number of nitrogens with zero attached hydrogens (tertiary/aromatic N) is 2. The van der Waals surface area contributed by atoms with Gasteiger partial charge in [-0.1, -0.05) is 29.8 Å². The summed E-state index contributed by atoms with van der Waals surface area (Å²) in [6.45, 7) is 0. The molecule has 1 aliphatic rings. The molecule has 3 nitrogen and oxygen atoms in total. The SMILES string of the molecule is CNC1CCc2c1cn(Sc1cccnc1)c2-c1ccccc1Cl. The van der Waals surface area contributed by atoms with Crippen LogP contribution in [0.25, 0.3) is 11.3 Å². The molecule has 1 N–H and O–H groups in total. The Morgan fingerprint density at radius 1 is 1.25 bits per heavy atom. The van der Waals surface area contributed by atoms with E-state index in [0.717, 1.165) is 28.3 Å².